The van der Waals surface area contributed by atoms with Crippen LogP contribution in [0.1, 0.15) is 4.88 Å². The number of carbonyl (C=O) groups is 1. The summed E-state index contributed by atoms with van der Waals surface area (Å²) in [6.07, 6.45) is 3.12. The Morgan fingerprint density at radius 3 is 2.48 bits per heavy atom. The van der Waals surface area contributed by atoms with E-state index in [1.54, 1.807) is 48.1 Å². The zero-order valence-corrected chi connectivity index (χ0v) is 15.6. The topological polar surface area (TPSA) is 94.0 Å². The summed E-state index contributed by atoms with van der Waals surface area (Å²) in [6.45, 7) is 0.519. The summed E-state index contributed by atoms with van der Waals surface area (Å²) in [5, 5.41) is 13.6. The highest BCUT2D eigenvalue weighted by atomic mass is 32.2. The minimum Gasteiger partial charge on any atom is -0.463 e. The van der Waals surface area contributed by atoms with Gasteiger partial charge in [-0.25, -0.2) is 4.98 Å². The van der Waals surface area contributed by atoms with E-state index in [2.05, 4.69) is 20.5 Å². The number of nitrogens with one attached hydrogen (secondary N) is 1. The number of furan rings is 2. The fourth-order valence-electron chi connectivity index (χ4n) is 2.32. The Hall–Kier alpha value is -2.91. The molecule has 0 fully saturated rings. The SMILES string of the molecule is O=C(CSc1nnc(-c2ccco2)c(-c2ccco2)n1)NCc1cccs1. The van der Waals surface area contributed by atoms with Crippen molar-refractivity contribution in [3.8, 4) is 22.9 Å². The maximum atomic E-state index is 12.0. The van der Waals surface area contributed by atoms with E-state index in [9.17, 15) is 4.79 Å². The number of rotatable bonds is 7. The molecule has 0 aliphatic heterocycles. The fourth-order valence-corrected chi connectivity index (χ4v) is 3.58. The first-order valence-corrected chi connectivity index (χ1v) is 9.90. The molecule has 0 radical (unpaired) electrons. The van der Waals surface area contributed by atoms with Crippen molar-refractivity contribution < 1.29 is 13.6 Å². The molecule has 0 aliphatic carbocycles. The molecule has 0 bridgehead atoms. The molecule has 0 atom stereocenters. The number of thioether (sulfide) groups is 1. The summed E-state index contributed by atoms with van der Waals surface area (Å²) >= 11 is 2.82. The average Bonchev–Trinajstić information content (AvgIpc) is 3.47. The molecule has 0 aliphatic rings. The standard InChI is InChI=1S/C18H14N4O3S2/c23-15(19-10-12-4-3-9-26-12)11-27-18-20-16(13-5-1-7-24-13)17(21-22-18)14-6-2-8-25-14/h1-9H,10-11H2,(H,19,23). The maximum absolute atomic E-state index is 12.0. The van der Waals surface area contributed by atoms with Gasteiger partial charge in [-0.05, 0) is 35.7 Å². The van der Waals surface area contributed by atoms with E-state index >= 15 is 0 Å². The molecular formula is C18H14N4O3S2. The summed E-state index contributed by atoms with van der Waals surface area (Å²) in [4.78, 5) is 17.7. The normalized spacial score (nSPS) is 10.8. The number of amides is 1. The van der Waals surface area contributed by atoms with E-state index < -0.39 is 0 Å². The Morgan fingerprint density at radius 2 is 1.81 bits per heavy atom. The van der Waals surface area contributed by atoms with Crippen LogP contribution in [0.5, 0.6) is 0 Å². The van der Waals surface area contributed by atoms with Crippen LogP contribution in [0.25, 0.3) is 22.9 Å². The largest absolute Gasteiger partial charge is 0.463 e. The van der Waals surface area contributed by atoms with Crippen molar-refractivity contribution in [2.75, 3.05) is 5.75 Å². The van der Waals surface area contributed by atoms with Crippen LogP contribution in [-0.4, -0.2) is 26.8 Å². The third kappa shape index (κ3) is 4.26. The smallest absolute Gasteiger partial charge is 0.230 e. The number of aromatic nitrogens is 3. The molecule has 1 amide bonds. The van der Waals surface area contributed by atoms with Gasteiger partial charge in [0.15, 0.2) is 17.2 Å². The number of thiophene rings is 1. The number of hydrogen-bond donors (Lipinski definition) is 1. The zero-order valence-electron chi connectivity index (χ0n) is 14.0. The van der Waals surface area contributed by atoms with Crippen LogP contribution in [0.15, 0.2) is 68.3 Å². The summed E-state index contributed by atoms with van der Waals surface area (Å²) in [7, 11) is 0. The second kappa shape index (κ2) is 8.19. The van der Waals surface area contributed by atoms with Crippen LogP contribution < -0.4 is 5.32 Å². The molecule has 0 aromatic carbocycles. The molecule has 4 heterocycles. The predicted octanol–water partition coefficient (Wildman–Crippen LogP) is 3.86. The number of carbonyl (C=O) groups excluding carboxylic acids is 1. The fraction of sp³-hybridized carbons (Fsp3) is 0.111. The van der Waals surface area contributed by atoms with Gasteiger partial charge >= 0.3 is 0 Å². The van der Waals surface area contributed by atoms with Gasteiger partial charge in [0.05, 0.1) is 24.8 Å². The molecule has 0 saturated heterocycles. The second-order valence-corrected chi connectivity index (χ2v) is 7.37. The quantitative estimate of drug-likeness (QED) is 0.472. The third-order valence-electron chi connectivity index (χ3n) is 3.55. The summed E-state index contributed by atoms with van der Waals surface area (Å²) in [5.41, 5.74) is 1.01. The van der Waals surface area contributed by atoms with Crippen LogP contribution in [0.3, 0.4) is 0 Å². The highest BCUT2D eigenvalue weighted by Crippen LogP contribution is 2.30. The molecule has 4 rings (SSSR count). The van der Waals surface area contributed by atoms with Gasteiger partial charge in [-0.15, -0.1) is 21.5 Å². The van der Waals surface area contributed by atoms with Crippen molar-refractivity contribution >= 4 is 29.0 Å². The first-order chi connectivity index (χ1) is 13.3. The van der Waals surface area contributed by atoms with Crippen molar-refractivity contribution in [2.24, 2.45) is 0 Å². The Morgan fingerprint density at radius 1 is 1.04 bits per heavy atom. The van der Waals surface area contributed by atoms with E-state index in [0.717, 1.165) is 4.88 Å². The van der Waals surface area contributed by atoms with Gasteiger partial charge in [0, 0.05) is 4.88 Å². The minimum absolute atomic E-state index is 0.0911. The number of nitrogens with zero attached hydrogens (tertiary/aromatic N) is 3. The van der Waals surface area contributed by atoms with Gasteiger partial charge in [0.2, 0.25) is 11.1 Å². The van der Waals surface area contributed by atoms with Crippen molar-refractivity contribution in [1.29, 1.82) is 0 Å². The molecule has 4 aromatic rings. The molecule has 7 nitrogen and oxygen atoms in total. The van der Waals surface area contributed by atoms with E-state index in [-0.39, 0.29) is 11.7 Å². The molecule has 1 N–H and O–H groups in total. The predicted molar refractivity (Wildman–Crippen MR) is 102 cm³/mol. The monoisotopic (exact) mass is 398 g/mol. The third-order valence-corrected chi connectivity index (χ3v) is 5.26. The Kier molecular flexibility index (Phi) is 5.31. The Labute approximate surface area is 162 Å². The van der Waals surface area contributed by atoms with Crippen molar-refractivity contribution in [1.82, 2.24) is 20.5 Å². The van der Waals surface area contributed by atoms with E-state index in [1.807, 2.05) is 17.5 Å². The van der Waals surface area contributed by atoms with Crippen LogP contribution in [0.4, 0.5) is 0 Å². The van der Waals surface area contributed by atoms with Gasteiger partial charge in [0.1, 0.15) is 5.69 Å². The lowest BCUT2D eigenvalue weighted by atomic mass is 10.2. The highest BCUT2D eigenvalue weighted by molar-refractivity contribution is 7.99. The van der Waals surface area contributed by atoms with E-state index in [0.29, 0.717) is 34.6 Å². The molecule has 0 spiro atoms. The molecule has 27 heavy (non-hydrogen) atoms. The van der Waals surface area contributed by atoms with Gasteiger partial charge < -0.3 is 14.2 Å². The molecule has 0 saturated carbocycles. The van der Waals surface area contributed by atoms with Gasteiger partial charge in [0.25, 0.3) is 0 Å². The van der Waals surface area contributed by atoms with Crippen molar-refractivity contribution in [3.63, 3.8) is 0 Å². The molecule has 9 heteroatoms. The number of hydrogen-bond acceptors (Lipinski definition) is 8. The van der Waals surface area contributed by atoms with Crippen LogP contribution >= 0.6 is 23.1 Å². The van der Waals surface area contributed by atoms with E-state index in [4.69, 9.17) is 8.83 Å². The van der Waals surface area contributed by atoms with Crippen LogP contribution in [0.2, 0.25) is 0 Å². The molecule has 136 valence electrons. The first kappa shape index (κ1) is 17.5. The highest BCUT2D eigenvalue weighted by Gasteiger charge is 2.18. The lowest BCUT2D eigenvalue weighted by Gasteiger charge is -2.06. The molecule has 4 aromatic heterocycles. The second-order valence-electron chi connectivity index (χ2n) is 5.39. The average molecular weight is 398 g/mol. The summed E-state index contributed by atoms with van der Waals surface area (Å²) in [5.74, 6) is 1.21. The van der Waals surface area contributed by atoms with Crippen LogP contribution in [-0.2, 0) is 11.3 Å². The van der Waals surface area contributed by atoms with Gasteiger partial charge in [-0.3, -0.25) is 4.79 Å². The minimum atomic E-state index is -0.0911. The summed E-state index contributed by atoms with van der Waals surface area (Å²) in [6, 6.07) is 11.0. The first-order valence-electron chi connectivity index (χ1n) is 8.04. The van der Waals surface area contributed by atoms with Gasteiger partial charge in [-0.2, -0.15) is 0 Å². The zero-order chi connectivity index (χ0) is 18.5. The van der Waals surface area contributed by atoms with Crippen LogP contribution in [0, 0.1) is 0 Å². The lowest BCUT2D eigenvalue weighted by molar-refractivity contribution is -0.118. The van der Waals surface area contributed by atoms with Gasteiger partial charge in [-0.1, -0.05) is 17.8 Å². The van der Waals surface area contributed by atoms with Crippen molar-refractivity contribution in [3.05, 3.63) is 59.2 Å². The Bertz CT molecular complexity index is 1000. The lowest BCUT2D eigenvalue weighted by Crippen LogP contribution is -2.24. The molecule has 0 unspecified atom stereocenters. The van der Waals surface area contributed by atoms with Crippen molar-refractivity contribution in [2.45, 2.75) is 11.7 Å². The maximum Gasteiger partial charge on any atom is 0.230 e. The Balaban J connectivity index is 1.47. The summed E-state index contributed by atoms with van der Waals surface area (Å²) < 4.78 is 10.9. The molecular weight excluding hydrogens is 384 g/mol. The van der Waals surface area contributed by atoms with E-state index in [1.165, 1.54) is 11.8 Å².